The lowest BCUT2D eigenvalue weighted by atomic mass is 10.0. The van der Waals surface area contributed by atoms with E-state index in [4.69, 9.17) is 4.74 Å². The fraction of sp³-hybridized carbons (Fsp3) is 0.500. The molecule has 0 radical (unpaired) electrons. The molecule has 1 aromatic carbocycles. The van der Waals surface area contributed by atoms with Gasteiger partial charge in [0.05, 0.1) is 17.2 Å². The number of ether oxygens (including phenoxy) is 2. The fourth-order valence-corrected chi connectivity index (χ4v) is 1.65. The Morgan fingerprint density at radius 2 is 1.83 bits per heavy atom. The zero-order valence-corrected chi connectivity index (χ0v) is 13.6. The Kier molecular flexibility index (Phi) is 8.71. The van der Waals surface area contributed by atoms with Gasteiger partial charge in [-0.25, -0.2) is 14.5 Å². The first-order valence-corrected chi connectivity index (χ1v) is 7.42. The van der Waals surface area contributed by atoms with E-state index in [1.54, 1.807) is 19.1 Å². The van der Waals surface area contributed by atoms with Gasteiger partial charge in [0.25, 0.3) is 0 Å². The molecular formula is C16H22O7. The van der Waals surface area contributed by atoms with Gasteiger partial charge in [0.2, 0.25) is 0 Å². The van der Waals surface area contributed by atoms with E-state index in [1.165, 1.54) is 0 Å². The van der Waals surface area contributed by atoms with E-state index in [-0.39, 0.29) is 13.2 Å². The second kappa shape index (κ2) is 10.6. The van der Waals surface area contributed by atoms with Crippen molar-refractivity contribution in [3.63, 3.8) is 0 Å². The van der Waals surface area contributed by atoms with Crippen LogP contribution in [0.4, 0.5) is 4.79 Å². The molecule has 0 amide bonds. The van der Waals surface area contributed by atoms with Crippen LogP contribution in [0.15, 0.2) is 18.2 Å². The third-order valence-corrected chi connectivity index (χ3v) is 3.13. The first-order chi connectivity index (χ1) is 11.1. The summed E-state index contributed by atoms with van der Waals surface area (Å²) in [5, 5.41) is 4.14. The van der Waals surface area contributed by atoms with Gasteiger partial charge >= 0.3 is 12.1 Å². The molecule has 0 N–H and O–H groups in total. The fourth-order valence-electron chi connectivity index (χ4n) is 1.65. The zero-order chi connectivity index (χ0) is 17.1. The number of carbonyl (C=O) groups excluding carboxylic acids is 2. The number of hydrogen-bond acceptors (Lipinski definition) is 7. The van der Waals surface area contributed by atoms with Gasteiger partial charge in [-0.05, 0) is 37.5 Å². The van der Waals surface area contributed by atoms with Crippen molar-refractivity contribution in [2.45, 2.75) is 33.6 Å². The standard InChI is InChI=1S/C16H22O7/c1-4-5-9-19-10-11-20-16(18)22-23-21-15(17)14-8-6-7-12(2)13(14)3/h6-8H,4-5,9-11H2,1-3H3. The lowest BCUT2D eigenvalue weighted by molar-refractivity contribution is -0.452. The molecule has 0 spiro atoms. The average Bonchev–Trinajstić information content (AvgIpc) is 2.53. The van der Waals surface area contributed by atoms with Crippen molar-refractivity contribution < 1.29 is 33.9 Å². The van der Waals surface area contributed by atoms with Gasteiger partial charge in [0.15, 0.2) is 0 Å². The highest BCUT2D eigenvalue weighted by molar-refractivity contribution is 5.90. The maximum Gasteiger partial charge on any atom is 0.543 e. The maximum absolute atomic E-state index is 11.8. The molecule has 0 fully saturated rings. The summed E-state index contributed by atoms with van der Waals surface area (Å²) in [6.45, 7) is 6.59. The molecule has 0 heterocycles. The lowest BCUT2D eigenvalue weighted by Gasteiger charge is -2.07. The van der Waals surface area contributed by atoms with E-state index < -0.39 is 12.1 Å². The van der Waals surface area contributed by atoms with E-state index in [0.717, 1.165) is 24.0 Å². The summed E-state index contributed by atoms with van der Waals surface area (Å²) >= 11 is 0. The molecule has 0 atom stereocenters. The van der Waals surface area contributed by atoms with Gasteiger partial charge in [0.1, 0.15) is 6.61 Å². The molecule has 7 heteroatoms. The molecule has 0 aliphatic carbocycles. The number of hydrogen-bond donors (Lipinski definition) is 0. The van der Waals surface area contributed by atoms with Gasteiger partial charge in [-0.3, -0.25) is 4.89 Å². The van der Waals surface area contributed by atoms with Crippen molar-refractivity contribution in [1.82, 2.24) is 0 Å². The molecule has 0 aromatic heterocycles. The quantitative estimate of drug-likeness (QED) is 0.298. The number of carbonyl (C=O) groups is 2. The molecule has 23 heavy (non-hydrogen) atoms. The molecule has 0 bridgehead atoms. The number of aryl methyl sites for hydroxylation is 1. The molecule has 0 aliphatic rings. The van der Waals surface area contributed by atoms with Crippen LogP contribution in [0.1, 0.15) is 41.3 Å². The van der Waals surface area contributed by atoms with Gasteiger partial charge in [-0.2, -0.15) is 0 Å². The largest absolute Gasteiger partial charge is 0.543 e. The highest BCUT2D eigenvalue weighted by atomic mass is 17.5. The molecule has 0 aliphatic heterocycles. The van der Waals surface area contributed by atoms with Crippen LogP contribution in [0.25, 0.3) is 0 Å². The monoisotopic (exact) mass is 326 g/mol. The first kappa shape index (κ1) is 18.9. The second-order valence-electron chi connectivity index (χ2n) is 4.83. The Hall–Kier alpha value is -2.12. The summed E-state index contributed by atoms with van der Waals surface area (Å²) in [5.74, 6) is -0.762. The van der Waals surface area contributed by atoms with Gasteiger partial charge in [0, 0.05) is 6.61 Å². The van der Waals surface area contributed by atoms with Crippen LogP contribution in [0.5, 0.6) is 0 Å². The number of benzene rings is 1. The summed E-state index contributed by atoms with van der Waals surface area (Å²) < 4.78 is 9.84. The van der Waals surface area contributed by atoms with Crippen molar-refractivity contribution in [1.29, 1.82) is 0 Å². The predicted molar refractivity (Wildman–Crippen MR) is 80.6 cm³/mol. The molecule has 0 unspecified atom stereocenters. The molecule has 0 saturated heterocycles. The summed E-state index contributed by atoms with van der Waals surface area (Å²) in [7, 11) is 0. The molecule has 1 aromatic rings. The van der Waals surface area contributed by atoms with Crippen LogP contribution < -0.4 is 0 Å². The van der Waals surface area contributed by atoms with Gasteiger partial charge in [-0.15, -0.1) is 0 Å². The number of rotatable bonds is 9. The van der Waals surface area contributed by atoms with Gasteiger partial charge < -0.3 is 9.47 Å². The highest BCUT2D eigenvalue weighted by Crippen LogP contribution is 2.13. The van der Waals surface area contributed by atoms with Crippen LogP contribution >= 0.6 is 0 Å². The third kappa shape index (κ3) is 7.12. The van der Waals surface area contributed by atoms with Crippen molar-refractivity contribution in [3.8, 4) is 0 Å². The molecule has 7 nitrogen and oxygen atoms in total. The van der Waals surface area contributed by atoms with Crippen molar-refractivity contribution in [2.75, 3.05) is 19.8 Å². The molecule has 1 rings (SSSR count). The third-order valence-electron chi connectivity index (χ3n) is 3.13. The normalized spacial score (nSPS) is 10.2. The Bertz CT molecular complexity index is 513. The molecule has 0 saturated carbocycles. The van der Waals surface area contributed by atoms with E-state index >= 15 is 0 Å². The van der Waals surface area contributed by atoms with Crippen LogP contribution in [0, 0.1) is 13.8 Å². The molecule has 128 valence electrons. The van der Waals surface area contributed by atoms with E-state index in [1.807, 2.05) is 19.9 Å². The van der Waals surface area contributed by atoms with E-state index in [0.29, 0.717) is 12.2 Å². The minimum atomic E-state index is -1.11. The second-order valence-corrected chi connectivity index (χ2v) is 4.83. The Balaban J connectivity index is 2.19. The minimum Gasteiger partial charge on any atom is -0.430 e. The summed E-state index contributed by atoms with van der Waals surface area (Å²) in [5.41, 5.74) is 2.02. The number of unbranched alkanes of at least 4 members (excludes halogenated alkanes) is 1. The first-order valence-electron chi connectivity index (χ1n) is 7.42. The average molecular weight is 326 g/mol. The Labute approximate surface area is 135 Å². The predicted octanol–water partition coefficient (Wildman–Crippen LogP) is 3.28. The smallest absolute Gasteiger partial charge is 0.430 e. The Morgan fingerprint density at radius 3 is 2.57 bits per heavy atom. The topological polar surface area (TPSA) is 80.3 Å². The Morgan fingerprint density at radius 1 is 1.04 bits per heavy atom. The van der Waals surface area contributed by atoms with E-state index in [2.05, 4.69) is 19.6 Å². The van der Waals surface area contributed by atoms with Crippen LogP contribution in [0.2, 0.25) is 0 Å². The summed E-state index contributed by atoms with van der Waals surface area (Å²) in [6, 6.07) is 5.16. The zero-order valence-electron chi connectivity index (χ0n) is 13.6. The van der Waals surface area contributed by atoms with Crippen LogP contribution in [0.3, 0.4) is 0 Å². The van der Waals surface area contributed by atoms with Crippen molar-refractivity contribution in [3.05, 3.63) is 34.9 Å². The molecular weight excluding hydrogens is 304 g/mol. The summed E-state index contributed by atoms with van der Waals surface area (Å²) in [4.78, 5) is 31.5. The summed E-state index contributed by atoms with van der Waals surface area (Å²) in [6.07, 6.45) is 0.863. The van der Waals surface area contributed by atoms with E-state index in [9.17, 15) is 9.59 Å². The van der Waals surface area contributed by atoms with Crippen molar-refractivity contribution >= 4 is 12.1 Å². The highest BCUT2D eigenvalue weighted by Gasteiger charge is 2.15. The van der Waals surface area contributed by atoms with Gasteiger partial charge in [-0.1, -0.05) is 25.5 Å². The maximum atomic E-state index is 11.8. The van der Waals surface area contributed by atoms with Crippen molar-refractivity contribution in [2.24, 2.45) is 0 Å². The van der Waals surface area contributed by atoms with Crippen LogP contribution in [-0.2, 0) is 24.3 Å². The van der Waals surface area contributed by atoms with Crippen LogP contribution in [-0.4, -0.2) is 31.9 Å². The minimum absolute atomic E-state index is 0.0246. The lowest BCUT2D eigenvalue weighted by Crippen LogP contribution is -2.15. The SMILES string of the molecule is CCCCOCCOC(=O)OOOC(=O)c1cccc(C)c1C.